The molecule has 6 N–H and O–H groups in total. The SMILES string of the molecule is CC[C@@H](C)CC[C@]1(O)[C@@H](C)[C@H](O)[C@H](OC(=O)NN)[C@H]2C(C)(C)CC[C@@H](O)[C@@]21C. The van der Waals surface area contributed by atoms with E-state index in [1.165, 1.54) is 0 Å². The Morgan fingerprint density at radius 2 is 1.93 bits per heavy atom. The average Bonchev–Trinajstić information content (AvgIpc) is 2.65. The van der Waals surface area contributed by atoms with Crippen LogP contribution < -0.4 is 11.3 Å². The summed E-state index contributed by atoms with van der Waals surface area (Å²) in [7, 11) is 0. The van der Waals surface area contributed by atoms with E-state index in [-0.39, 0.29) is 5.41 Å². The predicted molar refractivity (Wildman–Crippen MR) is 107 cm³/mol. The zero-order valence-electron chi connectivity index (χ0n) is 18.2. The molecule has 7 heteroatoms. The molecule has 2 aliphatic rings. The molecule has 0 bridgehead atoms. The Morgan fingerprint density at radius 1 is 1.32 bits per heavy atom. The lowest BCUT2D eigenvalue weighted by Crippen LogP contribution is -2.75. The Kier molecular flexibility index (Phi) is 6.76. The first-order valence-corrected chi connectivity index (χ1v) is 10.6. The van der Waals surface area contributed by atoms with Crippen molar-refractivity contribution in [2.45, 2.75) is 97.6 Å². The number of fused-ring (bicyclic) bond motifs is 1. The average molecular weight is 401 g/mol. The third kappa shape index (κ3) is 3.55. The Balaban J connectivity index is 2.56. The molecule has 2 saturated carbocycles. The number of hydrazine groups is 1. The number of rotatable bonds is 5. The normalized spacial score (nSPS) is 43.7. The molecular formula is C21H40N2O5. The summed E-state index contributed by atoms with van der Waals surface area (Å²) < 4.78 is 5.53. The topological polar surface area (TPSA) is 125 Å². The first-order valence-electron chi connectivity index (χ1n) is 10.6. The molecule has 0 aromatic rings. The van der Waals surface area contributed by atoms with Gasteiger partial charge in [-0.2, -0.15) is 0 Å². The Bertz CT molecular complexity index is 571. The van der Waals surface area contributed by atoms with Crippen molar-refractivity contribution >= 4 is 6.09 Å². The molecule has 0 unspecified atom stereocenters. The quantitative estimate of drug-likeness (QED) is 0.274. The van der Waals surface area contributed by atoms with Crippen LogP contribution in [-0.4, -0.2) is 45.3 Å². The molecule has 28 heavy (non-hydrogen) atoms. The fourth-order valence-electron chi connectivity index (χ4n) is 6.04. The lowest BCUT2D eigenvalue weighted by atomic mass is 9.41. The molecular weight excluding hydrogens is 360 g/mol. The molecule has 0 aromatic carbocycles. The Labute approximate surface area is 169 Å². The zero-order valence-corrected chi connectivity index (χ0v) is 18.2. The van der Waals surface area contributed by atoms with Crippen LogP contribution in [-0.2, 0) is 4.74 Å². The third-order valence-electron chi connectivity index (χ3n) is 8.18. The van der Waals surface area contributed by atoms with Crippen molar-refractivity contribution in [1.82, 2.24) is 5.43 Å². The Hall–Kier alpha value is -0.890. The maximum atomic E-state index is 12.0. The van der Waals surface area contributed by atoms with Crippen molar-refractivity contribution < 1.29 is 24.9 Å². The van der Waals surface area contributed by atoms with Gasteiger partial charge in [0, 0.05) is 17.3 Å². The van der Waals surface area contributed by atoms with Crippen molar-refractivity contribution in [3.05, 3.63) is 0 Å². The van der Waals surface area contributed by atoms with Crippen LogP contribution in [0.3, 0.4) is 0 Å². The molecule has 8 atom stereocenters. The van der Waals surface area contributed by atoms with E-state index in [1.54, 1.807) is 6.92 Å². The minimum Gasteiger partial charge on any atom is -0.442 e. The van der Waals surface area contributed by atoms with Crippen LogP contribution in [0.1, 0.15) is 73.6 Å². The van der Waals surface area contributed by atoms with Crippen LogP contribution in [0.5, 0.6) is 0 Å². The van der Waals surface area contributed by atoms with Gasteiger partial charge in [0.25, 0.3) is 0 Å². The van der Waals surface area contributed by atoms with Gasteiger partial charge in [-0.3, -0.25) is 5.43 Å². The minimum atomic E-state index is -1.28. The maximum Gasteiger partial charge on any atom is 0.421 e. The molecule has 1 amide bonds. The van der Waals surface area contributed by atoms with Gasteiger partial charge < -0.3 is 20.1 Å². The largest absolute Gasteiger partial charge is 0.442 e. The summed E-state index contributed by atoms with van der Waals surface area (Å²) in [5, 5.41) is 34.3. The number of aliphatic hydroxyl groups excluding tert-OH is 2. The second-order valence-electron chi connectivity index (χ2n) is 10.1. The highest BCUT2D eigenvalue weighted by Gasteiger charge is 2.70. The first-order chi connectivity index (χ1) is 12.9. The monoisotopic (exact) mass is 400 g/mol. The van der Waals surface area contributed by atoms with Crippen molar-refractivity contribution in [2.24, 2.45) is 34.4 Å². The smallest absolute Gasteiger partial charge is 0.421 e. The molecule has 0 aliphatic heterocycles. The summed E-state index contributed by atoms with van der Waals surface area (Å²) in [6, 6.07) is 0. The highest BCUT2D eigenvalue weighted by molar-refractivity contribution is 5.66. The second kappa shape index (κ2) is 8.09. The number of ether oxygens (including phenoxy) is 1. The minimum absolute atomic E-state index is 0.348. The number of carbonyl (C=O) groups excluding carboxylic acids is 1. The second-order valence-corrected chi connectivity index (χ2v) is 10.1. The molecule has 0 heterocycles. The predicted octanol–water partition coefficient (Wildman–Crippen LogP) is 2.33. The third-order valence-corrected chi connectivity index (χ3v) is 8.18. The summed E-state index contributed by atoms with van der Waals surface area (Å²) in [4.78, 5) is 11.9. The van der Waals surface area contributed by atoms with Gasteiger partial charge in [-0.15, -0.1) is 0 Å². The molecule has 0 radical (unpaired) electrons. The van der Waals surface area contributed by atoms with E-state index in [2.05, 4.69) is 27.7 Å². The number of aliphatic hydroxyl groups is 3. The molecule has 2 fully saturated rings. The van der Waals surface area contributed by atoms with Gasteiger partial charge in [-0.1, -0.05) is 48.0 Å². The van der Waals surface area contributed by atoms with Gasteiger partial charge in [-0.05, 0) is 37.0 Å². The summed E-state index contributed by atoms with van der Waals surface area (Å²) in [6.45, 7) is 12.1. The van der Waals surface area contributed by atoms with Crippen LogP contribution in [0.15, 0.2) is 0 Å². The van der Waals surface area contributed by atoms with E-state index in [9.17, 15) is 20.1 Å². The molecule has 2 aliphatic carbocycles. The van der Waals surface area contributed by atoms with E-state index in [0.29, 0.717) is 25.2 Å². The molecule has 0 spiro atoms. The number of amides is 1. The van der Waals surface area contributed by atoms with Crippen molar-refractivity contribution in [3.8, 4) is 0 Å². The number of carbonyl (C=O) groups is 1. The first kappa shape index (κ1) is 23.4. The van der Waals surface area contributed by atoms with Gasteiger partial charge in [0.05, 0.1) is 17.8 Å². The summed E-state index contributed by atoms with van der Waals surface area (Å²) in [5.74, 6) is 4.65. The van der Waals surface area contributed by atoms with Crippen LogP contribution in [0.2, 0.25) is 0 Å². The molecule has 164 valence electrons. The van der Waals surface area contributed by atoms with E-state index < -0.39 is 47.3 Å². The van der Waals surface area contributed by atoms with Gasteiger partial charge in [0.15, 0.2) is 0 Å². The van der Waals surface area contributed by atoms with E-state index in [1.807, 2.05) is 12.3 Å². The lowest BCUT2D eigenvalue weighted by molar-refractivity contribution is -0.304. The van der Waals surface area contributed by atoms with Gasteiger partial charge >= 0.3 is 6.09 Å². The fraction of sp³-hybridized carbons (Fsp3) is 0.952. The van der Waals surface area contributed by atoms with Crippen LogP contribution in [0.25, 0.3) is 0 Å². The summed E-state index contributed by atoms with van der Waals surface area (Å²) >= 11 is 0. The van der Waals surface area contributed by atoms with Crippen molar-refractivity contribution in [1.29, 1.82) is 0 Å². The number of nitrogens with one attached hydrogen (secondary N) is 1. The van der Waals surface area contributed by atoms with Gasteiger partial charge in [-0.25, -0.2) is 10.6 Å². The van der Waals surface area contributed by atoms with Crippen LogP contribution >= 0.6 is 0 Å². The van der Waals surface area contributed by atoms with Crippen LogP contribution in [0.4, 0.5) is 4.79 Å². The standard InChI is InChI=1S/C21H40N2O5/c1-7-12(2)8-11-21(27)13(3)15(25)16(28-18(26)23-22)17-19(4,5)10-9-14(24)20(17,21)6/h12-17,24-25,27H,7-11,22H2,1-6H3,(H,23,26)/t12-,13+,14-,15+,16+,17+,20+,21+/m1/s1. The van der Waals surface area contributed by atoms with Crippen molar-refractivity contribution in [2.75, 3.05) is 0 Å². The highest BCUT2D eigenvalue weighted by atomic mass is 16.6. The zero-order chi connectivity index (χ0) is 21.5. The highest BCUT2D eigenvalue weighted by Crippen LogP contribution is 2.64. The maximum absolute atomic E-state index is 12.0. The molecule has 7 nitrogen and oxygen atoms in total. The summed E-state index contributed by atoms with van der Waals surface area (Å²) in [5.41, 5.74) is -0.594. The number of hydrogen-bond acceptors (Lipinski definition) is 6. The van der Waals surface area contributed by atoms with Gasteiger partial charge in [0.1, 0.15) is 6.10 Å². The van der Waals surface area contributed by atoms with Crippen LogP contribution in [0, 0.1) is 28.6 Å². The van der Waals surface area contributed by atoms with E-state index in [4.69, 9.17) is 10.6 Å². The van der Waals surface area contributed by atoms with Crippen molar-refractivity contribution in [3.63, 3.8) is 0 Å². The lowest BCUT2D eigenvalue weighted by Gasteiger charge is -2.67. The number of nitrogens with two attached hydrogens (primary N) is 1. The molecule has 2 rings (SSSR count). The van der Waals surface area contributed by atoms with E-state index >= 15 is 0 Å². The van der Waals surface area contributed by atoms with E-state index in [0.717, 1.165) is 12.8 Å². The Morgan fingerprint density at radius 3 is 2.46 bits per heavy atom. The number of hydrogen-bond donors (Lipinski definition) is 5. The molecule has 0 aromatic heterocycles. The fourth-order valence-corrected chi connectivity index (χ4v) is 6.04. The molecule has 0 saturated heterocycles. The van der Waals surface area contributed by atoms with Gasteiger partial charge in [0.2, 0.25) is 0 Å². The summed E-state index contributed by atoms with van der Waals surface area (Å²) in [6.07, 6.45) is 0.0626.